The average Bonchev–Trinajstić information content (AvgIpc) is 2.72. The van der Waals surface area contributed by atoms with Crippen LogP contribution in [0.15, 0.2) is 72.9 Å². The first kappa shape index (κ1) is 18.1. The third-order valence-electron chi connectivity index (χ3n) is 3.83. The second-order valence-corrected chi connectivity index (χ2v) is 5.76. The monoisotopic (exact) mass is 363 g/mol. The summed E-state index contributed by atoms with van der Waals surface area (Å²) in [6, 6.07) is 18.9. The Morgan fingerprint density at radius 1 is 1.04 bits per heavy atom. The molecule has 1 amide bonds. The number of nitrogens with one attached hydrogen (secondary N) is 1. The molecule has 0 atom stereocenters. The zero-order chi connectivity index (χ0) is 19.1. The second kappa shape index (κ2) is 8.57. The van der Waals surface area contributed by atoms with Gasteiger partial charge >= 0.3 is 0 Å². The van der Waals surface area contributed by atoms with Crippen LogP contribution in [-0.4, -0.2) is 15.8 Å². The highest BCUT2D eigenvalue weighted by Gasteiger charge is 2.09. The van der Waals surface area contributed by atoms with E-state index in [1.165, 1.54) is 18.3 Å². The van der Waals surface area contributed by atoms with Crippen LogP contribution in [0.4, 0.5) is 5.69 Å². The van der Waals surface area contributed by atoms with E-state index in [0.717, 1.165) is 11.1 Å². The van der Waals surface area contributed by atoms with Gasteiger partial charge in [0.25, 0.3) is 11.6 Å². The van der Waals surface area contributed by atoms with E-state index in [9.17, 15) is 14.9 Å². The molecule has 2 aromatic carbocycles. The third kappa shape index (κ3) is 5.12. The van der Waals surface area contributed by atoms with Crippen molar-refractivity contribution >= 4 is 11.6 Å². The summed E-state index contributed by atoms with van der Waals surface area (Å²) >= 11 is 0. The van der Waals surface area contributed by atoms with Crippen LogP contribution in [-0.2, 0) is 13.2 Å². The molecule has 0 radical (unpaired) electrons. The third-order valence-corrected chi connectivity index (χ3v) is 3.83. The van der Waals surface area contributed by atoms with Gasteiger partial charge in [0.2, 0.25) is 5.88 Å². The molecule has 0 unspecified atom stereocenters. The Balaban J connectivity index is 1.57. The van der Waals surface area contributed by atoms with Crippen LogP contribution in [0.3, 0.4) is 0 Å². The number of ether oxygens (including phenoxy) is 1. The number of carbonyl (C=O) groups excluding carboxylic acids is 1. The van der Waals surface area contributed by atoms with Crippen molar-refractivity contribution in [2.45, 2.75) is 13.2 Å². The topological polar surface area (TPSA) is 94.4 Å². The predicted octanol–water partition coefficient (Wildman–Crippen LogP) is 3.50. The SMILES string of the molecule is O=C(NCc1ccc([N+](=O)[O-])cc1)c1ccnc(OCc2ccccc2)c1. The zero-order valence-electron chi connectivity index (χ0n) is 14.4. The number of nitrogens with zero attached hydrogens (tertiary/aromatic N) is 2. The number of hydrogen-bond acceptors (Lipinski definition) is 5. The molecule has 3 aromatic rings. The molecule has 1 heterocycles. The average molecular weight is 363 g/mol. The van der Waals surface area contributed by atoms with Crippen molar-refractivity contribution in [3.05, 3.63) is 99.7 Å². The molecule has 0 bridgehead atoms. The van der Waals surface area contributed by atoms with Gasteiger partial charge in [0, 0.05) is 36.5 Å². The number of amides is 1. The van der Waals surface area contributed by atoms with Crippen molar-refractivity contribution in [3.8, 4) is 5.88 Å². The van der Waals surface area contributed by atoms with Crippen LogP contribution in [0.25, 0.3) is 0 Å². The Labute approximate surface area is 155 Å². The normalized spacial score (nSPS) is 10.2. The number of carbonyl (C=O) groups is 1. The van der Waals surface area contributed by atoms with E-state index in [1.54, 1.807) is 24.3 Å². The first-order valence-corrected chi connectivity index (χ1v) is 8.26. The molecule has 1 aromatic heterocycles. The standard InChI is InChI=1S/C20H17N3O4/c24-20(22-13-15-6-8-18(9-7-15)23(25)26)17-10-11-21-19(12-17)27-14-16-4-2-1-3-5-16/h1-12H,13-14H2,(H,22,24). The number of nitro benzene ring substituents is 1. The molecular formula is C20H17N3O4. The van der Waals surface area contributed by atoms with Gasteiger partial charge in [-0.25, -0.2) is 4.98 Å². The predicted molar refractivity (Wildman–Crippen MR) is 99.3 cm³/mol. The fourth-order valence-electron chi connectivity index (χ4n) is 2.38. The molecule has 136 valence electrons. The number of nitro groups is 1. The number of pyridine rings is 1. The van der Waals surface area contributed by atoms with Crippen LogP contribution < -0.4 is 10.1 Å². The van der Waals surface area contributed by atoms with Gasteiger partial charge in [-0.2, -0.15) is 0 Å². The number of benzene rings is 2. The lowest BCUT2D eigenvalue weighted by molar-refractivity contribution is -0.384. The summed E-state index contributed by atoms with van der Waals surface area (Å²) < 4.78 is 5.63. The van der Waals surface area contributed by atoms with Crippen molar-refractivity contribution in [2.24, 2.45) is 0 Å². The lowest BCUT2D eigenvalue weighted by Gasteiger charge is -2.08. The molecule has 1 N–H and O–H groups in total. The first-order chi connectivity index (χ1) is 13.1. The summed E-state index contributed by atoms with van der Waals surface area (Å²) in [5.74, 6) is 0.0853. The maximum Gasteiger partial charge on any atom is 0.269 e. The maximum atomic E-state index is 12.3. The van der Waals surface area contributed by atoms with E-state index in [1.807, 2.05) is 30.3 Å². The lowest BCUT2D eigenvalue weighted by atomic mass is 10.2. The second-order valence-electron chi connectivity index (χ2n) is 5.76. The van der Waals surface area contributed by atoms with Gasteiger partial charge in [-0.05, 0) is 17.2 Å². The summed E-state index contributed by atoms with van der Waals surface area (Å²) in [5, 5.41) is 13.4. The van der Waals surface area contributed by atoms with Gasteiger partial charge in [-0.1, -0.05) is 42.5 Å². The molecule has 7 nitrogen and oxygen atoms in total. The lowest BCUT2D eigenvalue weighted by Crippen LogP contribution is -2.22. The summed E-state index contributed by atoms with van der Waals surface area (Å²) in [6.45, 7) is 0.626. The van der Waals surface area contributed by atoms with Gasteiger partial charge in [-0.3, -0.25) is 14.9 Å². The minimum absolute atomic E-state index is 0.0133. The summed E-state index contributed by atoms with van der Waals surface area (Å²) in [7, 11) is 0. The van der Waals surface area contributed by atoms with Crippen molar-refractivity contribution < 1.29 is 14.5 Å². The molecule has 0 saturated carbocycles. The fraction of sp³-hybridized carbons (Fsp3) is 0.100. The van der Waals surface area contributed by atoms with Crippen LogP contribution in [0, 0.1) is 10.1 Å². The van der Waals surface area contributed by atoms with E-state index >= 15 is 0 Å². The van der Waals surface area contributed by atoms with E-state index in [0.29, 0.717) is 18.1 Å². The largest absolute Gasteiger partial charge is 0.473 e. The Morgan fingerprint density at radius 3 is 2.48 bits per heavy atom. The minimum atomic E-state index is -0.462. The molecule has 3 rings (SSSR count). The Hall–Kier alpha value is -3.74. The highest BCUT2D eigenvalue weighted by atomic mass is 16.6. The summed E-state index contributed by atoms with van der Waals surface area (Å²) in [6.07, 6.45) is 1.51. The van der Waals surface area contributed by atoms with Crippen molar-refractivity contribution in [1.82, 2.24) is 10.3 Å². The van der Waals surface area contributed by atoms with Gasteiger partial charge in [0.05, 0.1) is 4.92 Å². The van der Waals surface area contributed by atoms with E-state index in [-0.39, 0.29) is 18.1 Å². The summed E-state index contributed by atoms with van der Waals surface area (Å²) in [5.41, 5.74) is 2.21. The number of rotatable bonds is 7. The van der Waals surface area contributed by atoms with Gasteiger partial charge in [-0.15, -0.1) is 0 Å². The quantitative estimate of drug-likeness (QED) is 0.512. The zero-order valence-corrected chi connectivity index (χ0v) is 14.4. The highest BCUT2D eigenvalue weighted by molar-refractivity contribution is 5.94. The molecule has 0 saturated heterocycles. The van der Waals surface area contributed by atoms with Crippen LogP contribution in [0.2, 0.25) is 0 Å². The molecule has 0 aliphatic heterocycles. The Bertz CT molecular complexity index is 927. The van der Waals surface area contributed by atoms with Crippen LogP contribution in [0.1, 0.15) is 21.5 Å². The first-order valence-electron chi connectivity index (χ1n) is 8.26. The van der Waals surface area contributed by atoms with E-state index in [4.69, 9.17) is 4.74 Å². The molecule has 0 spiro atoms. The minimum Gasteiger partial charge on any atom is -0.473 e. The Kier molecular flexibility index (Phi) is 5.73. The van der Waals surface area contributed by atoms with E-state index < -0.39 is 4.92 Å². The molecule has 0 aliphatic carbocycles. The number of aromatic nitrogens is 1. The van der Waals surface area contributed by atoms with Crippen molar-refractivity contribution in [2.75, 3.05) is 0 Å². The van der Waals surface area contributed by atoms with Crippen LogP contribution in [0.5, 0.6) is 5.88 Å². The molecular weight excluding hydrogens is 346 g/mol. The molecule has 0 aliphatic rings. The summed E-state index contributed by atoms with van der Waals surface area (Å²) in [4.78, 5) is 26.6. The molecule has 27 heavy (non-hydrogen) atoms. The van der Waals surface area contributed by atoms with E-state index in [2.05, 4.69) is 10.3 Å². The fourth-order valence-corrected chi connectivity index (χ4v) is 2.38. The maximum absolute atomic E-state index is 12.3. The smallest absolute Gasteiger partial charge is 0.269 e. The van der Waals surface area contributed by atoms with Crippen LogP contribution >= 0.6 is 0 Å². The van der Waals surface area contributed by atoms with Gasteiger partial charge < -0.3 is 10.1 Å². The highest BCUT2D eigenvalue weighted by Crippen LogP contribution is 2.14. The number of hydrogen-bond donors (Lipinski definition) is 1. The molecule has 7 heteroatoms. The van der Waals surface area contributed by atoms with Crippen molar-refractivity contribution in [1.29, 1.82) is 0 Å². The van der Waals surface area contributed by atoms with Gasteiger partial charge in [0.1, 0.15) is 6.61 Å². The van der Waals surface area contributed by atoms with Crippen molar-refractivity contribution in [3.63, 3.8) is 0 Å². The molecule has 0 fully saturated rings. The number of non-ortho nitro benzene ring substituents is 1. The van der Waals surface area contributed by atoms with Gasteiger partial charge in [0.15, 0.2) is 0 Å². The Morgan fingerprint density at radius 2 is 1.78 bits per heavy atom.